The molecular formula is C19H21BrN2O4S. The van der Waals surface area contributed by atoms with Crippen molar-refractivity contribution in [2.75, 3.05) is 14.2 Å². The first-order valence-corrected chi connectivity index (χ1v) is 10.7. The molecule has 0 saturated heterocycles. The summed E-state index contributed by atoms with van der Waals surface area (Å²) >= 11 is 3.30. The van der Waals surface area contributed by atoms with Crippen molar-refractivity contribution >= 4 is 31.9 Å². The smallest absolute Gasteiger partial charge is 0.251 e. The molecule has 144 valence electrons. The molecular weight excluding hydrogens is 432 g/mol. The summed E-state index contributed by atoms with van der Waals surface area (Å²) in [5.74, 6) is 0.195. The van der Waals surface area contributed by atoms with Crippen LogP contribution in [0.5, 0.6) is 5.75 Å². The summed E-state index contributed by atoms with van der Waals surface area (Å²) in [5.41, 5.74) is 1.36. The van der Waals surface area contributed by atoms with Gasteiger partial charge < -0.3 is 10.1 Å². The number of amides is 1. The molecule has 1 fully saturated rings. The van der Waals surface area contributed by atoms with Crippen molar-refractivity contribution in [3.05, 3.63) is 58.1 Å². The van der Waals surface area contributed by atoms with Gasteiger partial charge in [0, 0.05) is 29.7 Å². The van der Waals surface area contributed by atoms with Crippen molar-refractivity contribution in [3.8, 4) is 5.75 Å². The third-order valence-electron chi connectivity index (χ3n) is 4.35. The minimum absolute atomic E-state index is 0.0936. The molecule has 0 unspecified atom stereocenters. The molecule has 0 bridgehead atoms. The number of rotatable bonds is 7. The number of nitrogens with one attached hydrogen (secondary N) is 1. The number of benzene rings is 2. The molecule has 1 amide bonds. The van der Waals surface area contributed by atoms with Gasteiger partial charge in [0.15, 0.2) is 0 Å². The van der Waals surface area contributed by atoms with E-state index in [0.717, 1.165) is 18.4 Å². The molecule has 6 nitrogen and oxygen atoms in total. The maximum absolute atomic E-state index is 12.9. The largest absolute Gasteiger partial charge is 0.495 e. The van der Waals surface area contributed by atoms with Gasteiger partial charge >= 0.3 is 0 Å². The van der Waals surface area contributed by atoms with Gasteiger partial charge in [-0.3, -0.25) is 4.79 Å². The Kier molecular flexibility index (Phi) is 5.88. The molecule has 2 aromatic rings. The van der Waals surface area contributed by atoms with E-state index >= 15 is 0 Å². The highest BCUT2D eigenvalue weighted by Gasteiger charge is 2.26. The van der Waals surface area contributed by atoms with Crippen LogP contribution in [0.2, 0.25) is 0 Å². The summed E-state index contributed by atoms with van der Waals surface area (Å²) in [6.07, 6.45) is 2.07. The number of carbonyl (C=O) groups excluding carboxylic acids is 1. The molecule has 8 heteroatoms. The molecule has 0 heterocycles. The average molecular weight is 453 g/mol. The second kappa shape index (κ2) is 8.00. The van der Waals surface area contributed by atoms with Crippen molar-refractivity contribution in [2.24, 2.45) is 0 Å². The summed E-state index contributed by atoms with van der Waals surface area (Å²) in [6.45, 7) is 0.183. The van der Waals surface area contributed by atoms with E-state index in [-0.39, 0.29) is 23.1 Å². The fourth-order valence-corrected chi connectivity index (χ4v) is 4.47. The highest BCUT2D eigenvalue weighted by Crippen LogP contribution is 2.30. The first-order valence-electron chi connectivity index (χ1n) is 8.51. The summed E-state index contributed by atoms with van der Waals surface area (Å²) in [5, 5.41) is 2.93. The molecule has 1 aliphatic carbocycles. The van der Waals surface area contributed by atoms with Crippen LogP contribution in [0.4, 0.5) is 0 Å². The van der Waals surface area contributed by atoms with Crippen molar-refractivity contribution in [2.45, 2.75) is 30.3 Å². The molecule has 0 spiro atoms. The Bertz CT molecular complexity index is 941. The quantitative estimate of drug-likeness (QED) is 0.699. The van der Waals surface area contributed by atoms with Crippen LogP contribution in [-0.4, -0.2) is 38.8 Å². The molecule has 1 aliphatic rings. The first kappa shape index (κ1) is 19.9. The molecule has 1 saturated carbocycles. The van der Waals surface area contributed by atoms with Gasteiger partial charge in [0.2, 0.25) is 10.0 Å². The number of methoxy groups -OCH3 is 1. The van der Waals surface area contributed by atoms with E-state index in [4.69, 9.17) is 4.74 Å². The lowest BCUT2D eigenvalue weighted by Gasteiger charge is -2.19. The van der Waals surface area contributed by atoms with Gasteiger partial charge in [0.25, 0.3) is 5.91 Å². The van der Waals surface area contributed by atoms with E-state index in [1.807, 2.05) is 0 Å². The number of carbonyl (C=O) groups is 1. The normalized spacial score (nSPS) is 14.2. The highest BCUT2D eigenvalue weighted by atomic mass is 79.9. The Morgan fingerprint density at radius 3 is 2.48 bits per heavy atom. The predicted molar refractivity (Wildman–Crippen MR) is 106 cm³/mol. The summed E-state index contributed by atoms with van der Waals surface area (Å²) < 4.78 is 33.0. The second-order valence-corrected chi connectivity index (χ2v) is 9.43. The Morgan fingerprint density at radius 1 is 1.22 bits per heavy atom. The topological polar surface area (TPSA) is 75.7 Å². The highest BCUT2D eigenvalue weighted by molar-refractivity contribution is 9.10. The monoisotopic (exact) mass is 452 g/mol. The molecule has 2 aromatic carbocycles. The van der Waals surface area contributed by atoms with Crippen LogP contribution in [0.25, 0.3) is 0 Å². The minimum atomic E-state index is -3.74. The van der Waals surface area contributed by atoms with E-state index in [2.05, 4.69) is 21.2 Å². The Hall–Kier alpha value is -1.90. The lowest BCUT2D eigenvalue weighted by molar-refractivity contribution is 0.0951. The van der Waals surface area contributed by atoms with Crippen molar-refractivity contribution in [3.63, 3.8) is 0 Å². The Balaban J connectivity index is 1.75. The van der Waals surface area contributed by atoms with Gasteiger partial charge in [-0.1, -0.05) is 28.1 Å². The summed E-state index contributed by atoms with van der Waals surface area (Å²) in [4.78, 5) is 12.1. The Labute approximate surface area is 167 Å². The standard InChI is InChI=1S/C19H21BrN2O4S/c1-22(27(24,25)18-11-15(20)7-10-17(18)26-2)12-13-3-5-14(6-4-13)19(23)21-16-8-9-16/h3-7,10-11,16H,8-9,12H2,1-2H3,(H,21,23). The van der Waals surface area contributed by atoms with E-state index in [1.165, 1.54) is 24.5 Å². The van der Waals surface area contributed by atoms with Gasteiger partial charge in [-0.25, -0.2) is 8.42 Å². The van der Waals surface area contributed by atoms with Crippen LogP contribution in [0, 0.1) is 0 Å². The lowest BCUT2D eigenvalue weighted by Crippen LogP contribution is -2.27. The molecule has 27 heavy (non-hydrogen) atoms. The van der Waals surface area contributed by atoms with Crippen LogP contribution < -0.4 is 10.1 Å². The molecule has 0 radical (unpaired) electrons. The van der Waals surface area contributed by atoms with E-state index in [9.17, 15) is 13.2 Å². The third-order valence-corrected chi connectivity index (χ3v) is 6.67. The van der Waals surface area contributed by atoms with E-state index in [1.54, 1.807) is 36.4 Å². The van der Waals surface area contributed by atoms with Crippen LogP contribution in [-0.2, 0) is 16.6 Å². The number of ether oxygens (including phenoxy) is 1. The zero-order chi connectivity index (χ0) is 19.6. The summed E-state index contributed by atoms with van der Waals surface area (Å²) in [7, 11) is -0.782. The number of hydrogen-bond donors (Lipinski definition) is 1. The van der Waals surface area contributed by atoms with Gasteiger partial charge in [0.1, 0.15) is 10.6 Å². The summed E-state index contributed by atoms with van der Waals surface area (Å²) in [6, 6.07) is 12.1. The van der Waals surface area contributed by atoms with Gasteiger partial charge in [-0.2, -0.15) is 4.31 Å². The fraction of sp³-hybridized carbons (Fsp3) is 0.316. The first-order chi connectivity index (χ1) is 12.8. The third kappa shape index (κ3) is 4.69. The van der Waals surface area contributed by atoms with Crippen molar-refractivity contribution in [1.82, 2.24) is 9.62 Å². The second-order valence-electron chi connectivity index (χ2n) is 6.50. The van der Waals surface area contributed by atoms with E-state index < -0.39 is 10.0 Å². The molecule has 0 aromatic heterocycles. The fourth-order valence-electron chi connectivity index (χ4n) is 2.62. The van der Waals surface area contributed by atoms with Crippen LogP contribution in [0.15, 0.2) is 51.8 Å². The number of halogens is 1. The van der Waals surface area contributed by atoms with Crippen LogP contribution >= 0.6 is 15.9 Å². The maximum Gasteiger partial charge on any atom is 0.251 e. The number of nitrogens with zero attached hydrogens (tertiary/aromatic N) is 1. The lowest BCUT2D eigenvalue weighted by atomic mass is 10.1. The number of hydrogen-bond acceptors (Lipinski definition) is 4. The van der Waals surface area contributed by atoms with Crippen LogP contribution in [0.3, 0.4) is 0 Å². The van der Waals surface area contributed by atoms with Crippen LogP contribution in [0.1, 0.15) is 28.8 Å². The molecule has 1 N–H and O–H groups in total. The molecule has 3 rings (SSSR count). The van der Waals surface area contributed by atoms with E-state index in [0.29, 0.717) is 16.1 Å². The number of sulfonamides is 1. The maximum atomic E-state index is 12.9. The van der Waals surface area contributed by atoms with Crippen molar-refractivity contribution in [1.29, 1.82) is 0 Å². The SMILES string of the molecule is COc1ccc(Br)cc1S(=O)(=O)N(C)Cc1ccc(C(=O)NC2CC2)cc1. The Morgan fingerprint density at radius 2 is 1.89 bits per heavy atom. The zero-order valence-electron chi connectivity index (χ0n) is 15.1. The van der Waals surface area contributed by atoms with Gasteiger partial charge in [-0.15, -0.1) is 0 Å². The predicted octanol–water partition coefficient (Wildman–Crippen LogP) is 3.17. The average Bonchev–Trinajstić information content (AvgIpc) is 3.46. The van der Waals surface area contributed by atoms with Gasteiger partial charge in [0.05, 0.1) is 7.11 Å². The molecule has 0 aliphatic heterocycles. The zero-order valence-corrected chi connectivity index (χ0v) is 17.5. The van der Waals surface area contributed by atoms with Gasteiger partial charge in [-0.05, 0) is 48.7 Å². The molecule has 0 atom stereocenters. The van der Waals surface area contributed by atoms with Crippen molar-refractivity contribution < 1.29 is 17.9 Å². The minimum Gasteiger partial charge on any atom is -0.495 e.